The predicted octanol–water partition coefficient (Wildman–Crippen LogP) is 0.674. The number of rotatable bonds is 5. The van der Waals surface area contributed by atoms with Gasteiger partial charge in [-0.05, 0) is 24.1 Å². The maximum absolute atomic E-state index is 9.68. The van der Waals surface area contributed by atoms with Gasteiger partial charge in [0.2, 0.25) is 0 Å². The Kier molecular flexibility index (Phi) is 4.58. The first-order valence-corrected chi connectivity index (χ1v) is 6.43. The van der Waals surface area contributed by atoms with E-state index in [1.165, 1.54) is 5.56 Å². The second-order valence-corrected chi connectivity index (χ2v) is 4.92. The van der Waals surface area contributed by atoms with Crippen molar-refractivity contribution in [3.8, 4) is 5.75 Å². The Labute approximate surface area is 108 Å². The fraction of sp³-hybridized carbons (Fsp3) is 0.571. The molecule has 2 unspecified atom stereocenters. The molecule has 1 heterocycles. The van der Waals surface area contributed by atoms with Crippen molar-refractivity contribution in [3.05, 3.63) is 29.3 Å². The van der Waals surface area contributed by atoms with E-state index in [2.05, 4.69) is 22.8 Å². The molecule has 0 radical (unpaired) electrons. The van der Waals surface area contributed by atoms with E-state index in [9.17, 15) is 5.11 Å². The molecular weight excluding hydrogens is 228 g/mol. The summed E-state index contributed by atoms with van der Waals surface area (Å²) in [5.74, 6) is 1.25. The fourth-order valence-electron chi connectivity index (χ4n) is 2.38. The average molecular weight is 250 g/mol. The zero-order valence-electron chi connectivity index (χ0n) is 11.1. The van der Waals surface area contributed by atoms with Crippen molar-refractivity contribution in [3.63, 3.8) is 0 Å². The molecule has 0 saturated carbocycles. The molecule has 0 spiro atoms. The van der Waals surface area contributed by atoms with Gasteiger partial charge in [0.1, 0.15) is 5.75 Å². The topological polar surface area (TPSA) is 53.5 Å². The molecule has 1 aromatic carbocycles. The molecule has 2 rings (SSSR count). The molecule has 1 fully saturated rings. The Morgan fingerprint density at radius 1 is 1.44 bits per heavy atom. The second kappa shape index (κ2) is 6.18. The average Bonchev–Trinajstić information content (AvgIpc) is 2.75. The number of nitrogens with one attached hydrogen (secondary N) is 2. The van der Waals surface area contributed by atoms with E-state index in [-0.39, 0.29) is 6.10 Å². The van der Waals surface area contributed by atoms with Crippen LogP contribution >= 0.6 is 0 Å². The van der Waals surface area contributed by atoms with Crippen LogP contribution in [0, 0.1) is 12.8 Å². The van der Waals surface area contributed by atoms with Crippen molar-refractivity contribution in [2.24, 2.45) is 5.92 Å². The highest BCUT2D eigenvalue weighted by molar-refractivity contribution is 5.36. The van der Waals surface area contributed by atoms with Crippen LogP contribution < -0.4 is 15.4 Å². The second-order valence-electron chi connectivity index (χ2n) is 4.92. The summed E-state index contributed by atoms with van der Waals surface area (Å²) in [6.45, 7) is 5.34. The van der Waals surface area contributed by atoms with Crippen LogP contribution in [0.2, 0.25) is 0 Å². The minimum atomic E-state index is -0.213. The highest BCUT2D eigenvalue weighted by Crippen LogP contribution is 2.18. The Hall–Kier alpha value is -1.10. The summed E-state index contributed by atoms with van der Waals surface area (Å²) in [6, 6.07) is 6.20. The molecule has 0 aliphatic carbocycles. The first-order valence-electron chi connectivity index (χ1n) is 6.43. The van der Waals surface area contributed by atoms with Gasteiger partial charge in [0.25, 0.3) is 0 Å². The molecule has 1 aliphatic rings. The van der Waals surface area contributed by atoms with E-state index in [1.807, 2.05) is 13.0 Å². The Balaban J connectivity index is 1.81. The maximum atomic E-state index is 9.68. The van der Waals surface area contributed by atoms with Crippen molar-refractivity contribution in [2.45, 2.75) is 19.6 Å². The summed E-state index contributed by atoms with van der Waals surface area (Å²) in [5, 5.41) is 16.3. The first kappa shape index (κ1) is 13.3. The molecule has 4 heteroatoms. The first-order chi connectivity index (χ1) is 8.70. The van der Waals surface area contributed by atoms with Crippen molar-refractivity contribution >= 4 is 0 Å². The van der Waals surface area contributed by atoms with E-state index in [4.69, 9.17) is 4.74 Å². The van der Waals surface area contributed by atoms with Crippen LogP contribution in [-0.2, 0) is 6.54 Å². The Bertz CT molecular complexity index is 395. The quantitative estimate of drug-likeness (QED) is 0.719. The van der Waals surface area contributed by atoms with Gasteiger partial charge in [-0.3, -0.25) is 0 Å². The lowest BCUT2D eigenvalue weighted by Crippen LogP contribution is -2.30. The number of aliphatic hydroxyl groups excluding tert-OH is 1. The molecule has 0 amide bonds. The molecule has 2 atom stereocenters. The fourth-order valence-corrected chi connectivity index (χ4v) is 2.38. The van der Waals surface area contributed by atoms with Gasteiger partial charge in [0.15, 0.2) is 0 Å². The molecule has 1 aliphatic heterocycles. The third-order valence-electron chi connectivity index (χ3n) is 3.50. The number of β-amino-alcohol motifs (C(OH)–C–C–N with tert-alkyl or cyclic N) is 1. The highest BCUT2D eigenvalue weighted by atomic mass is 16.5. The molecule has 18 heavy (non-hydrogen) atoms. The lowest BCUT2D eigenvalue weighted by atomic mass is 10.1. The smallest absolute Gasteiger partial charge is 0.121 e. The zero-order valence-corrected chi connectivity index (χ0v) is 11.1. The van der Waals surface area contributed by atoms with Crippen LogP contribution in [0.25, 0.3) is 0 Å². The number of hydrogen-bond donors (Lipinski definition) is 3. The molecule has 4 nitrogen and oxygen atoms in total. The van der Waals surface area contributed by atoms with Crippen LogP contribution in [0.5, 0.6) is 5.75 Å². The van der Waals surface area contributed by atoms with Crippen LogP contribution in [0.3, 0.4) is 0 Å². The van der Waals surface area contributed by atoms with Crippen LogP contribution in [-0.4, -0.2) is 38.0 Å². The maximum Gasteiger partial charge on any atom is 0.121 e. The van der Waals surface area contributed by atoms with E-state index in [0.29, 0.717) is 12.5 Å². The molecular formula is C14H22N2O2. The van der Waals surface area contributed by atoms with Crippen molar-refractivity contribution < 1.29 is 9.84 Å². The summed E-state index contributed by atoms with van der Waals surface area (Å²) < 4.78 is 5.24. The normalized spacial score (nSPS) is 23.3. The van der Waals surface area contributed by atoms with E-state index < -0.39 is 0 Å². The predicted molar refractivity (Wildman–Crippen MR) is 71.8 cm³/mol. The van der Waals surface area contributed by atoms with Gasteiger partial charge in [-0.25, -0.2) is 0 Å². The standard InChI is InChI=1S/C14H22N2O2/c1-10-5-11(3-4-14(10)18-2)6-15-7-12-8-16-9-13(12)17/h3-5,12-13,15-17H,6-9H2,1-2H3. The summed E-state index contributed by atoms with van der Waals surface area (Å²) in [6.07, 6.45) is -0.213. The van der Waals surface area contributed by atoms with Gasteiger partial charge in [-0.15, -0.1) is 0 Å². The van der Waals surface area contributed by atoms with Gasteiger partial charge in [-0.1, -0.05) is 12.1 Å². The van der Waals surface area contributed by atoms with Gasteiger partial charge in [0.05, 0.1) is 13.2 Å². The number of aryl methyl sites for hydroxylation is 1. The van der Waals surface area contributed by atoms with Gasteiger partial charge >= 0.3 is 0 Å². The molecule has 0 aromatic heterocycles. The summed E-state index contributed by atoms with van der Waals surface area (Å²) in [5.41, 5.74) is 2.40. The summed E-state index contributed by atoms with van der Waals surface area (Å²) in [7, 11) is 1.69. The SMILES string of the molecule is COc1ccc(CNCC2CNCC2O)cc1C. The summed E-state index contributed by atoms with van der Waals surface area (Å²) in [4.78, 5) is 0. The van der Waals surface area contributed by atoms with Crippen molar-refractivity contribution in [1.82, 2.24) is 10.6 Å². The van der Waals surface area contributed by atoms with Crippen LogP contribution in [0.1, 0.15) is 11.1 Å². The van der Waals surface area contributed by atoms with Crippen LogP contribution in [0.15, 0.2) is 18.2 Å². The highest BCUT2D eigenvalue weighted by Gasteiger charge is 2.23. The lowest BCUT2D eigenvalue weighted by molar-refractivity contribution is 0.146. The van der Waals surface area contributed by atoms with Crippen molar-refractivity contribution in [2.75, 3.05) is 26.7 Å². The third kappa shape index (κ3) is 3.22. The lowest BCUT2D eigenvalue weighted by Gasteiger charge is -2.14. The van der Waals surface area contributed by atoms with Gasteiger partial charge < -0.3 is 20.5 Å². The zero-order chi connectivity index (χ0) is 13.0. The molecule has 0 bridgehead atoms. The Morgan fingerprint density at radius 3 is 2.89 bits per heavy atom. The van der Waals surface area contributed by atoms with E-state index >= 15 is 0 Å². The van der Waals surface area contributed by atoms with Crippen molar-refractivity contribution in [1.29, 1.82) is 0 Å². The number of methoxy groups -OCH3 is 1. The molecule has 1 aromatic rings. The number of aliphatic hydroxyl groups is 1. The van der Waals surface area contributed by atoms with Gasteiger partial charge in [0, 0.05) is 32.1 Å². The van der Waals surface area contributed by atoms with E-state index in [1.54, 1.807) is 7.11 Å². The third-order valence-corrected chi connectivity index (χ3v) is 3.50. The largest absolute Gasteiger partial charge is 0.496 e. The molecule has 1 saturated heterocycles. The molecule has 100 valence electrons. The van der Waals surface area contributed by atoms with Gasteiger partial charge in [-0.2, -0.15) is 0 Å². The minimum absolute atomic E-state index is 0.213. The monoisotopic (exact) mass is 250 g/mol. The molecule has 3 N–H and O–H groups in total. The number of benzene rings is 1. The van der Waals surface area contributed by atoms with Crippen LogP contribution in [0.4, 0.5) is 0 Å². The minimum Gasteiger partial charge on any atom is -0.496 e. The van der Waals surface area contributed by atoms with E-state index in [0.717, 1.165) is 30.9 Å². The Morgan fingerprint density at radius 2 is 2.28 bits per heavy atom. The number of hydrogen-bond acceptors (Lipinski definition) is 4. The number of ether oxygens (including phenoxy) is 1. The summed E-state index contributed by atoms with van der Waals surface area (Å²) >= 11 is 0.